The first-order valence-electron chi connectivity index (χ1n) is 7.69. The monoisotopic (exact) mass is 382 g/mol. The fourth-order valence-electron chi connectivity index (χ4n) is 2.82. The summed E-state index contributed by atoms with van der Waals surface area (Å²) < 4.78 is 1.73. The van der Waals surface area contributed by atoms with Gasteiger partial charge in [0.2, 0.25) is 0 Å². The molecule has 2 aromatic heterocycles. The van der Waals surface area contributed by atoms with Gasteiger partial charge in [0.25, 0.3) is 0 Å². The highest BCUT2D eigenvalue weighted by atomic mass is 35.5. The van der Waals surface area contributed by atoms with Gasteiger partial charge in [0.15, 0.2) is 10.7 Å². The van der Waals surface area contributed by atoms with Gasteiger partial charge in [-0.05, 0) is 31.0 Å². The van der Waals surface area contributed by atoms with E-state index >= 15 is 0 Å². The molecule has 1 N–H and O–H groups in total. The van der Waals surface area contributed by atoms with Gasteiger partial charge in [-0.3, -0.25) is 4.40 Å². The first kappa shape index (κ1) is 17.3. The predicted molar refractivity (Wildman–Crippen MR) is 98.9 cm³/mol. The van der Waals surface area contributed by atoms with Gasteiger partial charge in [-0.25, -0.2) is 9.78 Å². The van der Waals surface area contributed by atoms with Crippen LogP contribution in [0.4, 0.5) is 0 Å². The summed E-state index contributed by atoms with van der Waals surface area (Å²) >= 11 is 13.9. The van der Waals surface area contributed by atoms with Gasteiger partial charge < -0.3 is 5.11 Å². The van der Waals surface area contributed by atoms with E-state index < -0.39 is 5.97 Å². The number of rotatable bonds is 5. The van der Waals surface area contributed by atoms with Crippen LogP contribution in [0.1, 0.15) is 41.3 Å². The first-order valence-corrected chi connectivity index (χ1v) is 9.26. The van der Waals surface area contributed by atoms with E-state index in [0.29, 0.717) is 27.1 Å². The maximum atomic E-state index is 11.9. The van der Waals surface area contributed by atoms with Crippen molar-refractivity contribution in [1.82, 2.24) is 9.38 Å². The van der Waals surface area contributed by atoms with Gasteiger partial charge in [0.05, 0.1) is 16.4 Å². The average molecular weight is 383 g/mol. The van der Waals surface area contributed by atoms with Crippen molar-refractivity contribution in [3.8, 4) is 11.3 Å². The van der Waals surface area contributed by atoms with Crippen LogP contribution in [0.15, 0.2) is 18.2 Å². The van der Waals surface area contributed by atoms with Crippen LogP contribution in [0.5, 0.6) is 0 Å². The summed E-state index contributed by atoms with van der Waals surface area (Å²) in [6.07, 6.45) is 2.23. The van der Waals surface area contributed by atoms with Gasteiger partial charge in [0, 0.05) is 15.5 Å². The Morgan fingerprint density at radius 2 is 2.08 bits per heavy atom. The third kappa shape index (κ3) is 2.81. The molecule has 1 aromatic carbocycles. The molecule has 0 atom stereocenters. The van der Waals surface area contributed by atoms with Crippen molar-refractivity contribution in [1.29, 1.82) is 0 Å². The number of aromatic nitrogens is 2. The highest BCUT2D eigenvalue weighted by molar-refractivity contribution is 7.17. The molecule has 24 heavy (non-hydrogen) atoms. The van der Waals surface area contributed by atoms with Crippen molar-refractivity contribution in [2.24, 2.45) is 0 Å². The minimum atomic E-state index is -0.974. The topological polar surface area (TPSA) is 54.6 Å². The third-order valence-corrected chi connectivity index (χ3v) is 5.55. The standard InChI is InChI=1S/C17H16Cl2N2O2S/c1-3-5-12-15(16(22)23)21-14(13(4-2)24-17(21)20-12)10-7-6-9(18)8-11(10)19/h6-8H,3-5H2,1-2H3,(H,22,23). The molecule has 0 saturated heterocycles. The molecule has 0 saturated carbocycles. The summed E-state index contributed by atoms with van der Waals surface area (Å²) in [5, 5.41) is 10.8. The van der Waals surface area contributed by atoms with Crippen molar-refractivity contribution < 1.29 is 9.90 Å². The van der Waals surface area contributed by atoms with E-state index in [1.807, 2.05) is 19.9 Å². The van der Waals surface area contributed by atoms with E-state index in [2.05, 4.69) is 4.98 Å². The van der Waals surface area contributed by atoms with Crippen molar-refractivity contribution in [2.45, 2.75) is 33.1 Å². The molecule has 0 amide bonds. The van der Waals surface area contributed by atoms with E-state index in [0.717, 1.165) is 29.0 Å². The fraction of sp³-hybridized carbons (Fsp3) is 0.294. The van der Waals surface area contributed by atoms with Crippen LogP contribution >= 0.6 is 34.5 Å². The fourth-order valence-corrected chi connectivity index (χ4v) is 4.41. The Hall–Kier alpha value is -1.56. The molecule has 0 unspecified atom stereocenters. The summed E-state index contributed by atoms with van der Waals surface area (Å²) in [6.45, 7) is 4.04. The molecule has 0 bridgehead atoms. The summed E-state index contributed by atoms with van der Waals surface area (Å²) in [5.41, 5.74) is 2.41. The van der Waals surface area contributed by atoms with Crippen LogP contribution in [0.3, 0.4) is 0 Å². The van der Waals surface area contributed by atoms with Crippen molar-refractivity contribution in [3.05, 3.63) is 44.5 Å². The second kappa shape index (κ2) is 6.75. The Kier molecular flexibility index (Phi) is 4.85. The van der Waals surface area contributed by atoms with Crippen LogP contribution in [0.2, 0.25) is 10.0 Å². The number of carboxylic acids is 1. The maximum absolute atomic E-state index is 11.9. The number of thiazole rings is 1. The molecule has 0 aliphatic heterocycles. The van der Waals surface area contributed by atoms with Crippen molar-refractivity contribution in [3.63, 3.8) is 0 Å². The number of aryl methyl sites for hydroxylation is 2. The molecule has 3 rings (SSSR count). The summed E-state index contributed by atoms with van der Waals surface area (Å²) in [7, 11) is 0. The summed E-state index contributed by atoms with van der Waals surface area (Å²) in [4.78, 5) is 18.2. The molecular weight excluding hydrogens is 367 g/mol. The zero-order chi connectivity index (χ0) is 17.4. The molecule has 4 nitrogen and oxygen atoms in total. The smallest absolute Gasteiger partial charge is 0.354 e. The molecule has 2 heterocycles. The highest BCUT2D eigenvalue weighted by Crippen LogP contribution is 2.38. The lowest BCUT2D eigenvalue weighted by Gasteiger charge is -2.08. The molecule has 0 spiro atoms. The lowest BCUT2D eigenvalue weighted by molar-refractivity contribution is 0.0688. The zero-order valence-electron chi connectivity index (χ0n) is 13.3. The number of imidazole rings is 1. The second-order valence-electron chi connectivity index (χ2n) is 5.43. The van der Waals surface area contributed by atoms with E-state index in [-0.39, 0.29) is 5.69 Å². The number of hydrogen-bond donors (Lipinski definition) is 1. The van der Waals surface area contributed by atoms with Gasteiger partial charge in [0.1, 0.15) is 0 Å². The largest absolute Gasteiger partial charge is 0.477 e. The Morgan fingerprint density at radius 1 is 1.33 bits per heavy atom. The minimum absolute atomic E-state index is 0.226. The first-order chi connectivity index (χ1) is 11.5. The quantitative estimate of drug-likeness (QED) is 0.626. The summed E-state index contributed by atoms with van der Waals surface area (Å²) in [6, 6.07) is 5.26. The number of hydrogen-bond acceptors (Lipinski definition) is 3. The molecule has 0 fully saturated rings. The molecule has 0 radical (unpaired) electrons. The number of fused-ring (bicyclic) bond motifs is 1. The number of aromatic carboxylic acids is 1. The number of benzene rings is 1. The minimum Gasteiger partial charge on any atom is -0.477 e. The normalized spacial score (nSPS) is 11.3. The Bertz CT molecular complexity index is 930. The van der Waals surface area contributed by atoms with E-state index in [9.17, 15) is 9.90 Å². The number of carboxylic acid groups (broad SMARTS) is 1. The number of carbonyl (C=O) groups is 1. The Balaban J connectivity index is 2.38. The van der Waals surface area contributed by atoms with Crippen LogP contribution in [-0.2, 0) is 12.8 Å². The lowest BCUT2D eigenvalue weighted by atomic mass is 10.1. The molecular formula is C17H16Cl2N2O2S. The average Bonchev–Trinajstić information content (AvgIpc) is 3.03. The van der Waals surface area contributed by atoms with Crippen LogP contribution in [0, 0.1) is 0 Å². The van der Waals surface area contributed by atoms with Crippen LogP contribution in [0.25, 0.3) is 16.2 Å². The highest BCUT2D eigenvalue weighted by Gasteiger charge is 2.25. The van der Waals surface area contributed by atoms with E-state index in [4.69, 9.17) is 23.2 Å². The molecule has 7 heteroatoms. The maximum Gasteiger partial charge on any atom is 0.354 e. The van der Waals surface area contributed by atoms with Crippen LogP contribution < -0.4 is 0 Å². The molecule has 126 valence electrons. The molecule has 0 aliphatic rings. The number of nitrogens with zero attached hydrogens (tertiary/aromatic N) is 2. The van der Waals surface area contributed by atoms with Gasteiger partial charge in [-0.1, -0.05) is 43.5 Å². The van der Waals surface area contributed by atoms with Crippen LogP contribution in [-0.4, -0.2) is 20.5 Å². The second-order valence-corrected chi connectivity index (χ2v) is 7.34. The third-order valence-electron chi connectivity index (χ3n) is 3.82. The molecule has 0 aliphatic carbocycles. The zero-order valence-corrected chi connectivity index (χ0v) is 15.6. The lowest BCUT2D eigenvalue weighted by Crippen LogP contribution is -2.07. The summed E-state index contributed by atoms with van der Waals surface area (Å²) in [5.74, 6) is -0.974. The van der Waals surface area contributed by atoms with Gasteiger partial charge >= 0.3 is 5.97 Å². The van der Waals surface area contributed by atoms with E-state index in [1.165, 1.54) is 11.3 Å². The Labute approximate surface area is 153 Å². The predicted octanol–water partition coefficient (Wildman–Crippen LogP) is 5.58. The van der Waals surface area contributed by atoms with Crippen molar-refractivity contribution in [2.75, 3.05) is 0 Å². The Morgan fingerprint density at radius 3 is 2.67 bits per heavy atom. The van der Waals surface area contributed by atoms with Gasteiger partial charge in [-0.2, -0.15) is 0 Å². The molecule has 3 aromatic rings. The van der Waals surface area contributed by atoms with Gasteiger partial charge in [-0.15, -0.1) is 11.3 Å². The SMILES string of the molecule is CCCc1nc2sc(CC)c(-c3ccc(Cl)cc3Cl)n2c1C(=O)O. The van der Waals surface area contributed by atoms with Crippen molar-refractivity contribution >= 4 is 45.5 Å². The van der Waals surface area contributed by atoms with E-state index in [1.54, 1.807) is 16.5 Å². The number of halogens is 2.